The molecule has 2 atom stereocenters. The summed E-state index contributed by atoms with van der Waals surface area (Å²) in [6, 6.07) is 6.05. The lowest BCUT2D eigenvalue weighted by molar-refractivity contribution is 0.00801. The largest absolute Gasteiger partial charge is 0.377 e. The third kappa shape index (κ3) is 5.59. The van der Waals surface area contributed by atoms with Crippen LogP contribution in [-0.2, 0) is 11.3 Å². The molecule has 6 nitrogen and oxygen atoms in total. The third-order valence-corrected chi connectivity index (χ3v) is 4.51. The molecule has 0 aliphatic carbocycles. The molecule has 140 valence electrons. The van der Waals surface area contributed by atoms with Crippen LogP contribution < -0.4 is 15.5 Å². The highest BCUT2D eigenvalue weighted by molar-refractivity contribution is 5.79. The minimum atomic E-state index is 0.163. The second-order valence-corrected chi connectivity index (χ2v) is 7.89. The van der Waals surface area contributed by atoms with Gasteiger partial charge in [0.15, 0.2) is 5.96 Å². The highest BCUT2D eigenvalue weighted by Gasteiger charge is 2.37. The van der Waals surface area contributed by atoms with E-state index in [9.17, 15) is 0 Å². The molecule has 0 spiro atoms. The minimum Gasteiger partial charge on any atom is -0.377 e. The fraction of sp³-hybridized carbons (Fsp3) is 0.684. The Hall–Kier alpha value is -1.82. The number of aromatic nitrogens is 1. The van der Waals surface area contributed by atoms with E-state index in [1.165, 1.54) is 0 Å². The Bertz CT molecular complexity index is 579. The number of pyridine rings is 1. The smallest absolute Gasteiger partial charge is 0.191 e. The summed E-state index contributed by atoms with van der Waals surface area (Å²) >= 11 is 0. The van der Waals surface area contributed by atoms with Gasteiger partial charge in [0, 0.05) is 40.2 Å². The molecule has 1 saturated heterocycles. The predicted octanol–water partition coefficient (Wildman–Crippen LogP) is 2.26. The summed E-state index contributed by atoms with van der Waals surface area (Å²) in [5, 5.41) is 6.79. The first-order valence-electron chi connectivity index (χ1n) is 9.00. The van der Waals surface area contributed by atoms with Crippen molar-refractivity contribution in [2.24, 2.45) is 16.3 Å². The Labute approximate surface area is 152 Å². The van der Waals surface area contributed by atoms with Gasteiger partial charge in [0.25, 0.3) is 0 Å². The van der Waals surface area contributed by atoms with E-state index in [1.54, 1.807) is 7.05 Å². The molecule has 0 aromatic carbocycles. The fourth-order valence-electron chi connectivity index (χ4n) is 3.24. The molecule has 0 radical (unpaired) electrons. The molecular formula is C19H33N5O. The van der Waals surface area contributed by atoms with Crippen LogP contribution in [0.3, 0.4) is 0 Å². The molecule has 1 aromatic heterocycles. The fourth-order valence-corrected chi connectivity index (χ4v) is 3.24. The van der Waals surface area contributed by atoms with Crippen molar-refractivity contribution in [2.45, 2.75) is 39.8 Å². The van der Waals surface area contributed by atoms with Crippen LogP contribution in [0.15, 0.2) is 23.2 Å². The second kappa shape index (κ2) is 8.52. The van der Waals surface area contributed by atoms with Crippen LogP contribution in [0, 0.1) is 11.3 Å². The molecule has 0 amide bonds. The van der Waals surface area contributed by atoms with Gasteiger partial charge in [-0.05, 0) is 24.0 Å². The van der Waals surface area contributed by atoms with Crippen LogP contribution in [-0.4, -0.2) is 51.3 Å². The summed E-state index contributed by atoms with van der Waals surface area (Å²) in [5.41, 5.74) is 1.15. The Morgan fingerprint density at radius 3 is 2.72 bits per heavy atom. The van der Waals surface area contributed by atoms with E-state index in [0.29, 0.717) is 12.5 Å². The van der Waals surface area contributed by atoms with Gasteiger partial charge in [0.1, 0.15) is 5.82 Å². The van der Waals surface area contributed by atoms with Crippen molar-refractivity contribution in [3.63, 3.8) is 0 Å². The van der Waals surface area contributed by atoms with Crippen LogP contribution in [0.2, 0.25) is 0 Å². The maximum Gasteiger partial charge on any atom is 0.191 e. The van der Waals surface area contributed by atoms with Gasteiger partial charge in [-0.15, -0.1) is 0 Å². The number of hydrogen-bond donors (Lipinski definition) is 2. The maximum atomic E-state index is 5.95. The number of guanidine groups is 1. The first kappa shape index (κ1) is 19.5. The highest BCUT2D eigenvalue weighted by atomic mass is 16.5. The monoisotopic (exact) mass is 347 g/mol. The van der Waals surface area contributed by atoms with E-state index in [-0.39, 0.29) is 11.5 Å². The molecule has 2 heterocycles. The van der Waals surface area contributed by atoms with Gasteiger partial charge in [0.05, 0.1) is 18.3 Å². The summed E-state index contributed by atoms with van der Waals surface area (Å²) in [6.45, 7) is 9.09. The Balaban J connectivity index is 1.86. The number of nitrogens with one attached hydrogen (secondary N) is 2. The number of hydrogen-bond acceptors (Lipinski definition) is 4. The lowest BCUT2D eigenvalue weighted by Gasteiger charge is -2.31. The van der Waals surface area contributed by atoms with Crippen molar-refractivity contribution < 1.29 is 4.74 Å². The summed E-state index contributed by atoms with van der Waals surface area (Å²) in [5.74, 6) is 2.27. The summed E-state index contributed by atoms with van der Waals surface area (Å²) in [7, 11) is 5.79. The quantitative estimate of drug-likeness (QED) is 0.632. The van der Waals surface area contributed by atoms with Gasteiger partial charge in [-0.2, -0.15) is 0 Å². The zero-order chi connectivity index (χ0) is 18.4. The number of anilines is 1. The lowest BCUT2D eigenvalue weighted by atomic mass is 9.81. The van der Waals surface area contributed by atoms with Crippen LogP contribution >= 0.6 is 0 Å². The normalized spacial score (nSPS) is 21.3. The van der Waals surface area contributed by atoms with Gasteiger partial charge in [-0.1, -0.05) is 26.8 Å². The zero-order valence-corrected chi connectivity index (χ0v) is 16.5. The second-order valence-electron chi connectivity index (χ2n) is 7.89. The highest BCUT2D eigenvalue weighted by Crippen LogP contribution is 2.34. The molecule has 0 saturated carbocycles. The van der Waals surface area contributed by atoms with Crippen molar-refractivity contribution in [1.29, 1.82) is 0 Å². The molecule has 1 fully saturated rings. The Kier molecular flexibility index (Phi) is 6.64. The van der Waals surface area contributed by atoms with E-state index in [2.05, 4.69) is 41.4 Å². The van der Waals surface area contributed by atoms with Crippen LogP contribution in [0.1, 0.15) is 32.9 Å². The number of nitrogens with zero attached hydrogens (tertiary/aromatic N) is 3. The number of ether oxygens (including phenoxy) is 1. The molecular weight excluding hydrogens is 314 g/mol. The average Bonchev–Trinajstić information content (AvgIpc) is 3.04. The van der Waals surface area contributed by atoms with Gasteiger partial charge in [-0.25, -0.2) is 4.98 Å². The van der Waals surface area contributed by atoms with Crippen LogP contribution in [0.5, 0.6) is 0 Å². The van der Waals surface area contributed by atoms with Gasteiger partial charge in [-0.3, -0.25) is 4.99 Å². The predicted molar refractivity (Wildman–Crippen MR) is 104 cm³/mol. The van der Waals surface area contributed by atoms with Gasteiger partial charge in [0.2, 0.25) is 0 Å². The molecule has 2 rings (SSSR count). The Morgan fingerprint density at radius 2 is 2.08 bits per heavy atom. The summed E-state index contributed by atoms with van der Waals surface area (Å²) < 4.78 is 5.95. The number of aliphatic imine (C=N–C) groups is 1. The first-order chi connectivity index (χ1) is 11.8. The first-order valence-corrected chi connectivity index (χ1v) is 9.00. The molecule has 6 heteroatoms. The molecule has 1 aliphatic heterocycles. The molecule has 0 unspecified atom stereocenters. The van der Waals surface area contributed by atoms with Crippen LogP contribution in [0.25, 0.3) is 0 Å². The van der Waals surface area contributed by atoms with Crippen molar-refractivity contribution in [1.82, 2.24) is 15.6 Å². The van der Waals surface area contributed by atoms with E-state index in [4.69, 9.17) is 4.74 Å². The van der Waals surface area contributed by atoms with E-state index in [1.807, 2.05) is 37.2 Å². The van der Waals surface area contributed by atoms with Gasteiger partial charge < -0.3 is 20.3 Å². The van der Waals surface area contributed by atoms with Crippen molar-refractivity contribution >= 4 is 11.8 Å². The zero-order valence-electron chi connectivity index (χ0n) is 16.5. The van der Waals surface area contributed by atoms with Crippen molar-refractivity contribution in [3.8, 4) is 0 Å². The van der Waals surface area contributed by atoms with Crippen molar-refractivity contribution in [3.05, 3.63) is 23.9 Å². The summed E-state index contributed by atoms with van der Waals surface area (Å²) in [6.07, 6.45) is 1.38. The number of rotatable bonds is 5. The van der Waals surface area contributed by atoms with E-state index < -0.39 is 0 Å². The van der Waals surface area contributed by atoms with E-state index >= 15 is 0 Å². The molecule has 1 aromatic rings. The topological polar surface area (TPSA) is 61.8 Å². The standard InChI is InChI=1S/C19H33N5O/c1-19(2,3)17-14(10-11-25-17)12-21-18(20-4)22-13-15-8-7-9-16(23-15)24(5)6/h7-9,14,17H,10-13H2,1-6H3,(H2,20,21,22)/t14-,17+/m0/s1. The van der Waals surface area contributed by atoms with Crippen molar-refractivity contribution in [2.75, 3.05) is 39.2 Å². The summed E-state index contributed by atoms with van der Waals surface area (Å²) in [4.78, 5) is 10.9. The van der Waals surface area contributed by atoms with Crippen LogP contribution in [0.4, 0.5) is 5.82 Å². The molecule has 2 N–H and O–H groups in total. The molecule has 0 bridgehead atoms. The molecule has 25 heavy (non-hydrogen) atoms. The van der Waals surface area contributed by atoms with Gasteiger partial charge >= 0.3 is 0 Å². The Morgan fingerprint density at radius 1 is 1.32 bits per heavy atom. The molecule has 1 aliphatic rings. The third-order valence-electron chi connectivity index (χ3n) is 4.51. The van der Waals surface area contributed by atoms with E-state index in [0.717, 1.165) is 37.0 Å². The minimum absolute atomic E-state index is 0.163. The lowest BCUT2D eigenvalue weighted by Crippen LogP contribution is -2.43. The average molecular weight is 348 g/mol. The maximum absolute atomic E-state index is 5.95. The SMILES string of the molecule is CN=C(NCc1cccc(N(C)C)n1)NC[C@@H]1CCO[C@H]1C(C)(C)C.